The lowest BCUT2D eigenvalue weighted by Gasteiger charge is -1.98. The zero-order valence-corrected chi connectivity index (χ0v) is 7.07. The molecule has 0 amide bonds. The molecule has 0 heterocycles. The highest BCUT2D eigenvalue weighted by molar-refractivity contribution is 14.1. The van der Waals surface area contributed by atoms with E-state index in [4.69, 9.17) is 5.14 Å². The van der Waals surface area contributed by atoms with Crippen LogP contribution >= 0.6 is 22.6 Å². The molecule has 48 valence electrons. The van der Waals surface area contributed by atoms with Crippen LogP contribution < -0.4 is 5.14 Å². The highest BCUT2D eigenvalue weighted by Gasteiger charge is 2.50. The first-order valence-corrected chi connectivity index (χ1v) is 4.79. The zero-order valence-electron chi connectivity index (χ0n) is 4.09. The summed E-state index contributed by atoms with van der Waals surface area (Å²) in [7, 11) is -3.24. The zero-order chi connectivity index (χ0) is 6.41. The van der Waals surface area contributed by atoms with Gasteiger partial charge in [-0.2, -0.15) is 0 Å². The molecule has 1 fully saturated rings. The first-order chi connectivity index (χ1) is 3.46. The van der Waals surface area contributed by atoms with Gasteiger partial charge >= 0.3 is 0 Å². The first kappa shape index (κ1) is 6.76. The van der Waals surface area contributed by atoms with Crippen molar-refractivity contribution in [1.82, 2.24) is 0 Å². The Morgan fingerprint density at radius 3 is 1.88 bits per heavy atom. The fraction of sp³-hybridized carbons (Fsp3) is 1.00. The topological polar surface area (TPSA) is 60.2 Å². The van der Waals surface area contributed by atoms with Crippen LogP contribution in [0, 0.1) is 0 Å². The van der Waals surface area contributed by atoms with Gasteiger partial charge in [0.2, 0.25) is 10.0 Å². The van der Waals surface area contributed by atoms with Crippen molar-refractivity contribution >= 4 is 32.6 Å². The summed E-state index contributed by atoms with van der Waals surface area (Å²) in [6, 6.07) is 0. The first-order valence-electron chi connectivity index (χ1n) is 2.17. The molecule has 3 nitrogen and oxygen atoms in total. The van der Waals surface area contributed by atoms with Crippen LogP contribution in [0.3, 0.4) is 0 Å². The predicted molar refractivity (Wildman–Crippen MR) is 39.1 cm³/mol. The molecule has 0 atom stereocenters. The molecule has 0 radical (unpaired) electrons. The average Bonchev–Trinajstić information content (AvgIpc) is 2.16. The molecule has 1 aliphatic rings. The summed E-state index contributed by atoms with van der Waals surface area (Å²) in [5.74, 6) is 0. The largest absolute Gasteiger partial charge is 0.228 e. The molecule has 0 spiro atoms. The number of rotatable bonds is 1. The quantitative estimate of drug-likeness (QED) is 0.531. The fourth-order valence-corrected chi connectivity index (χ4v) is 1.32. The molecule has 1 aliphatic carbocycles. The van der Waals surface area contributed by atoms with Crippen molar-refractivity contribution in [3.05, 3.63) is 0 Å². The molecule has 0 aromatic carbocycles. The number of sulfonamides is 1. The van der Waals surface area contributed by atoms with E-state index >= 15 is 0 Å². The molecule has 0 aromatic rings. The summed E-state index contributed by atoms with van der Waals surface area (Å²) in [4.78, 5) is 0. The van der Waals surface area contributed by atoms with Gasteiger partial charge in [-0.3, -0.25) is 0 Å². The monoisotopic (exact) mass is 247 g/mol. The van der Waals surface area contributed by atoms with Gasteiger partial charge in [0.1, 0.15) is 2.75 Å². The molecule has 5 heteroatoms. The minimum Gasteiger partial charge on any atom is -0.228 e. The number of alkyl halides is 1. The Labute approximate surface area is 61.8 Å². The second kappa shape index (κ2) is 1.57. The van der Waals surface area contributed by atoms with E-state index in [2.05, 4.69) is 0 Å². The number of hydrogen-bond donors (Lipinski definition) is 1. The van der Waals surface area contributed by atoms with Gasteiger partial charge in [0.25, 0.3) is 0 Å². The molecule has 0 aliphatic heterocycles. The van der Waals surface area contributed by atoms with Crippen molar-refractivity contribution in [3.8, 4) is 0 Å². The lowest BCUT2D eigenvalue weighted by atomic mass is 11.0. The van der Waals surface area contributed by atoms with Gasteiger partial charge in [-0.05, 0) is 12.8 Å². The maximum atomic E-state index is 10.5. The molecule has 1 saturated carbocycles. The van der Waals surface area contributed by atoms with E-state index in [0.29, 0.717) is 12.8 Å². The summed E-state index contributed by atoms with van der Waals surface area (Å²) in [6.45, 7) is 0. The van der Waals surface area contributed by atoms with Crippen LogP contribution in [-0.2, 0) is 10.0 Å². The van der Waals surface area contributed by atoms with Crippen LogP contribution in [0.1, 0.15) is 12.8 Å². The summed E-state index contributed by atoms with van der Waals surface area (Å²) >= 11 is 1.88. The molecule has 0 bridgehead atoms. The Kier molecular flexibility index (Phi) is 1.33. The lowest BCUT2D eigenvalue weighted by Crippen LogP contribution is -2.24. The third-order valence-corrected chi connectivity index (χ3v) is 5.50. The van der Waals surface area contributed by atoms with Crippen LogP contribution in [0.4, 0.5) is 0 Å². The van der Waals surface area contributed by atoms with E-state index in [9.17, 15) is 8.42 Å². The van der Waals surface area contributed by atoms with Gasteiger partial charge in [0, 0.05) is 0 Å². The second-order valence-electron chi connectivity index (χ2n) is 1.93. The lowest BCUT2D eigenvalue weighted by molar-refractivity contribution is 0.595. The normalized spacial score (nSPS) is 25.2. The van der Waals surface area contributed by atoms with Crippen LogP contribution in [0.25, 0.3) is 0 Å². The summed E-state index contributed by atoms with van der Waals surface area (Å²) in [5.41, 5.74) is 0. The standard InChI is InChI=1S/C3H6INO2S/c4-3(1-2-3)8(5,6)7/h1-2H2,(H2,5,6,7). The summed E-state index contributed by atoms with van der Waals surface area (Å²) in [6.07, 6.45) is 1.43. The van der Waals surface area contributed by atoms with E-state index in [-0.39, 0.29) is 0 Å². The number of nitrogens with two attached hydrogens (primary N) is 1. The van der Waals surface area contributed by atoms with Crippen molar-refractivity contribution in [1.29, 1.82) is 0 Å². The van der Waals surface area contributed by atoms with E-state index < -0.39 is 12.8 Å². The van der Waals surface area contributed by atoms with Crippen molar-refractivity contribution < 1.29 is 8.42 Å². The van der Waals surface area contributed by atoms with Crippen molar-refractivity contribution in [2.45, 2.75) is 15.6 Å². The smallest absolute Gasteiger partial charge is 0.224 e. The van der Waals surface area contributed by atoms with Crippen molar-refractivity contribution in [2.24, 2.45) is 5.14 Å². The Morgan fingerprint density at radius 2 is 1.88 bits per heavy atom. The maximum Gasteiger partial charge on any atom is 0.224 e. The van der Waals surface area contributed by atoms with Crippen LogP contribution in [0.2, 0.25) is 0 Å². The predicted octanol–water partition coefficient (Wildman–Crippen LogP) is 0.200. The Morgan fingerprint density at radius 1 is 1.50 bits per heavy atom. The van der Waals surface area contributed by atoms with Gasteiger partial charge in [0.15, 0.2) is 0 Å². The molecule has 0 saturated heterocycles. The maximum absolute atomic E-state index is 10.5. The van der Waals surface area contributed by atoms with E-state index in [1.807, 2.05) is 22.6 Å². The molecular formula is C3H6INO2S. The Hall–Kier alpha value is 0.640. The van der Waals surface area contributed by atoms with Gasteiger partial charge in [-0.15, -0.1) is 0 Å². The molecule has 8 heavy (non-hydrogen) atoms. The molecule has 0 unspecified atom stereocenters. The van der Waals surface area contributed by atoms with Gasteiger partial charge in [0.05, 0.1) is 0 Å². The Balaban J connectivity index is 2.90. The van der Waals surface area contributed by atoms with E-state index in [0.717, 1.165) is 0 Å². The van der Waals surface area contributed by atoms with Gasteiger partial charge in [-0.1, -0.05) is 22.6 Å². The highest BCUT2D eigenvalue weighted by Crippen LogP contribution is 2.48. The van der Waals surface area contributed by atoms with Crippen LogP contribution in [-0.4, -0.2) is 11.2 Å². The minimum absolute atomic E-state index is 0.592. The fourth-order valence-electron chi connectivity index (χ4n) is 0.383. The number of hydrogen-bond acceptors (Lipinski definition) is 2. The van der Waals surface area contributed by atoms with E-state index in [1.54, 1.807) is 0 Å². The molecule has 0 aromatic heterocycles. The van der Waals surface area contributed by atoms with E-state index in [1.165, 1.54) is 0 Å². The third-order valence-electron chi connectivity index (χ3n) is 1.15. The highest BCUT2D eigenvalue weighted by atomic mass is 127. The summed E-state index contributed by atoms with van der Waals surface area (Å²) in [5, 5.41) is 4.84. The molecule has 2 N–H and O–H groups in total. The van der Waals surface area contributed by atoms with Crippen LogP contribution in [0.5, 0.6) is 0 Å². The average molecular weight is 247 g/mol. The summed E-state index contributed by atoms with van der Waals surface area (Å²) < 4.78 is 20.4. The van der Waals surface area contributed by atoms with Crippen molar-refractivity contribution in [2.75, 3.05) is 0 Å². The van der Waals surface area contributed by atoms with Gasteiger partial charge in [-0.25, -0.2) is 13.6 Å². The van der Waals surface area contributed by atoms with Crippen molar-refractivity contribution in [3.63, 3.8) is 0 Å². The minimum atomic E-state index is -3.24. The molecule has 1 rings (SSSR count). The SMILES string of the molecule is NS(=O)(=O)C1(I)CC1. The third kappa shape index (κ3) is 0.985. The number of halogens is 1. The Bertz CT molecular complexity index is 193. The number of primary sulfonamides is 1. The molecular weight excluding hydrogens is 241 g/mol. The van der Waals surface area contributed by atoms with Crippen LogP contribution in [0.15, 0.2) is 0 Å². The van der Waals surface area contributed by atoms with Gasteiger partial charge < -0.3 is 0 Å². The second-order valence-corrected chi connectivity index (χ2v) is 6.60.